The summed E-state index contributed by atoms with van der Waals surface area (Å²) in [7, 11) is -3.78. The summed E-state index contributed by atoms with van der Waals surface area (Å²) in [5, 5.41) is 2.85. The van der Waals surface area contributed by atoms with Crippen LogP contribution < -0.4 is 9.62 Å². The number of carbonyl (C=O) groups excluding carboxylic acids is 2. The number of carbonyl (C=O) groups is 2. The average Bonchev–Trinajstić information content (AvgIpc) is 2.74. The zero-order valence-corrected chi connectivity index (χ0v) is 21.4. The molecule has 0 aliphatic heterocycles. The van der Waals surface area contributed by atoms with Gasteiger partial charge in [0.05, 0.1) is 11.9 Å². The molecule has 0 aromatic heterocycles. The number of anilines is 1. The van der Waals surface area contributed by atoms with Gasteiger partial charge in [-0.15, -0.1) is 0 Å². The third-order valence-electron chi connectivity index (χ3n) is 5.24. The van der Waals surface area contributed by atoms with Gasteiger partial charge in [0, 0.05) is 12.1 Å². The molecule has 7 nitrogen and oxygen atoms in total. The van der Waals surface area contributed by atoms with E-state index in [9.17, 15) is 22.4 Å². The van der Waals surface area contributed by atoms with E-state index in [1.807, 2.05) is 39.8 Å². The Kier molecular flexibility index (Phi) is 8.83. The standard InChI is InChI=1S/C25H34FN3O4S/c1-7-19-10-14-22(15-11-19)29(34(6,32)33)17-23(30)28(16-20-8-12-21(26)13-9-20)18(2)24(31)27-25(3,4)5/h8-15,18H,7,16-17H2,1-6H3,(H,27,31). The van der Waals surface area contributed by atoms with Crippen molar-refractivity contribution in [1.82, 2.24) is 10.2 Å². The molecule has 0 aliphatic carbocycles. The molecule has 1 N–H and O–H groups in total. The number of hydrogen-bond donors (Lipinski definition) is 1. The van der Waals surface area contributed by atoms with E-state index in [4.69, 9.17) is 0 Å². The third kappa shape index (κ3) is 7.83. The van der Waals surface area contributed by atoms with Crippen LogP contribution in [0.5, 0.6) is 0 Å². The highest BCUT2D eigenvalue weighted by Gasteiger charge is 2.31. The van der Waals surface area contributed by atoms with Crippen molar-refractivity contribution >= 4 is 27.5 Å². The summed E-state index contributed by atoms with van der Waals surface area (Å²) in [6, 6.07) is 11.7. The lowest BCUT2D eigenvalue weighted by Gasteiger charge is -2.33. The highest BCUT2D eigenvalue weighted by molar-refractivity contribution is 7.92. The maximum atomic E-state index is 13.4. The van der Waals surface area contributed by atoms with Crippen LogP contribution in [0.4, 0.5) is 10.1 Å². The summed E-state index contributed by atoms with van der Waals surface area (Å²) in [6.45, 7) is 8.61. The average molecular weight is 492 g/mol. The maximum absolute atomic E-state index is 13.4. The summed E-state index contributed by atoms with van der Waals surface area (Å²) >= 11 is 0. The van der Waals surface area contributed by atoms with Crippen LogP contribution >= 0.6 is 0 Å². The molecule has 0 spiro atoms. The summed E-state index contributed by atoms with van der Waals surface area (Å²) < 4.78 is 39.5. The number of amides is 2. The Morgan fingerprint density at radius 1 is 1.00 bits per heavy atom. The molecule has 0 saturated heterocycles. The van der Waals surface area contributed by atoms with E-state index in [1.165, 1.54) is 29.2 Å². The van der Waals surface area contributed by atoms with E-state index < -0.39 is 39.9 Å². The first-order valence-electron chi connectivity index (χ1n) is 11.1. The quantitative estimate of drug-likeness (QED) is 0.582. The van der Waals surface area contributed by atoms with Gasteiger partial charge in [-0.2, -0.15) is 0 Å². The molecule has 2 rings (SSSR count). The molecule has 2 aromatic rings. The van der Waals surface area contributed by atoms with Gasteiger partial charge in [-0.25, -0.2) is 12.8 Å². The van der Waals surface area contributed by atoms with Crippen molar-refractivity contribution in [2.75, 3.05) is 17.1 Å². The van der Waals surface area contributed by atoms with Gasteiger partial charge in [-0.05, 0) is 69.5 Å². The number of aryl methyl sites for hydroxylation is 1. The Morgan fingerprint density at radius 3 is 2.00 bits per heavy atom. The van der Waals surface area contributed by atoms with Crippen LogP contribution in [0.3, 0.4) is 0 Å². The molecule has 0 heterocycles. The molecule has 9 heteroatoms. The van der Waals surface area contributed by atoms with E-state index in [-0.39, 0.29) is 12.5 Å². The Hall–Kier alpha value is -2.94. The van der Waals surface area contributed by atoms with Crippen LogP contribution in [0.1, 0.15) is 45.7 Å². The van der Waals surface area contributed by atoms with Crippen molar-refractivity contribution in [1.29, 1.82) is 0 Å². The minimum absolute atomic E-state index is 0.0181. The molecule has 1 atom stereocenters. The topological polar surface area (TPSA) is 86.8 Å². The van der Waals surface area contributed by atoms with Crippen LogP contribution in [0.15, 0.2) is 48.5 Å². The lowest BCUT2D eigenvalue weighted by atomic mass is 10.1. The van der Waals surface area contributed by atoms with E-state index in [0.29, 0.717) is 11.3 Å². The SMILES string of the molecule is CCc1ccc(N(CC(=O)N(Cc2ccc(F)cc2)C(C)C(=O)NC(C)(C)C)S(C)(=O)=O)cc1. The van der Waals surface area contributed by atoms with Gasteiger partial charge in [0.2, 0.25) is 21.8 Å². The molecule has 0 fully saturated rings. The van der Waals surface area contributed by atoms with E-state index in [1.54, 1.807) is 19.1 Å². The molecule has 0 aliphatic rings. The molecular formula is C25H34FN3O4S. The Morgan fingerprint density at radius 2 is 1.53 bits per heavy atom. The van der Waals surface area contributed by atoms with Crippen molar-refractivity contribution in [3.05, 3.63) is 65.5 Å². The molecule has 186 valence electrons. The van der Waals surface area contributed by atoms with Crippen LogP contribution in [0.25, 0.3) is 0 Å². The number of rotatable bonds is 9. The molecule has 1 unspecified atom stereocenters. The summed E-state index contributed by atoms with van der Waals surface area (Å²) in [5.41, 5.74) is 1.49. The molecule has 2 amide bonds. The normalized spacial score (nSPS) is 12.7. The van der Waals surface area contributed by atoms with Gasteiger partial charge in [-0.1, -0.05) is 31.2 Å². The molecular weight excluding hydrogens is 457 g/mol. The monoisotopic (exact) mass is 491 g/mol. The zero-order chi connectivity index (χ0) is 25.7. The van der Waals surface area contributed by atoms with Crippen LogP contribution in [-0.2, 0) is 32.6 Å². The van der Waals surface area contributed by atoms with Gasteiger partial charge < -0.3 is 10.2 Å². The Balaban J connectivity index is 2.38. The van der Waals surface area contributed by atoms with Crippen molar-refractivity contribution < 1.29 is 22.4 Å². The van der Waals surface area contributed by atoms with Crippen molar-refractivity contribution in [2.24, 2.45) is 0 Å². The second-order valence-corrected chi connectivity index (χ2v) is 11.3. The number of hydrogen-bond acceptors (Lipinski definition) is 4. The fourth-order valence-corrected chi connectivity index (χ4v) is 4.20. The minimum Gasteiger partial charge on any atom is -0.350 e. The Bertz CT molecular complexity index is 1090. The van der Waals surface area contributed by atoms with Crippen molar-refractivity contribution in [3.63, 3.8) is 0 Å². The molecule has 2 aromatic carbocycles. The summed E-state index contributed by atoms with van der Waals surface area (Å²) in [6.07, 6.45) is 1.83. The van der Waals surface area contributed by atoms with E-state index in [0.717, 1.165) is 22.5 Å². The largest absolute Gasteiger partial charge is 0.350 e. The van der Waals surface area contributed by atoms with Gasteiger partial charge in [0.25, 0.3) is 0 Å². The summed E-state index contributed by atoms with van der Waals surface area (Å²) in [4.78, 5) is 27.6. The number of benzene rings is 2. The first-order chi connectivity index (χ1) is 15.7. The maximum Gasteiger partial charge on any atom is 0.244 e. The third-order valence-corrected chi connectivity index (χ3v) is 6.38. The van der Waals surface area contributed by atoms with Gasteiger partial charge >= 0.3 is 0 Å². The van der Waals surface area contributed by atoms with E-state index in [2.05, 4.69) is 5.32 Å². The molecule has 0 radical (unpaired) electrons. The molecule has 0 saturated carbocycles. The smallest absolute Gasteiger partial charge is 0.244 e. The predicted octanol–water partition coefficient (Wildman–Crippen LogP) is 3.49. The van der Waals surface area contributed by atoms with E-state index >= 15 is 0 Å². The van der Waals surface area contributed by atoms with Gasteiger partial charge in [-0.3, -0.25) is 13.9 Å². The first kappa shape index (κ1) is 27.3. The number of nitrogens with one attached hydrogen (secondary N) is 1. The van der Waals surface area contributed by atoms with Crippen molar-refractivity contribution in [2.45, 2.75) is 59.2 Å². The fourth-order valence-electron chi connectivity index (χ4n) is 3.35. The lowest BCUT2D eigenvalue weighted by Crippen LogP contribution is -2.54. The molecule has 0 bridgehead atoms. The second-order valence-electron chi connectivity index (χ2n) is 9.35. The predicted molar refractivity (Wildman–Crippen MR) is 132 cm³/mol. The second kappa shape index (κ2) is 11.0. The number of nitrogens with zero attached hydrogens (tertiary/aromatic N) is 2. The Labute approximate surface area is 202 Å². The highest BCUT2D eigenvalue weighted by atomic mass is 32.2. The zero-order valence-electron chi connectivity index (χ0n) is 20.6. The first-order valence-corrected chi connectivity index (χ1v) is 13.0. The molecule has 34 heavy (non-hydrogen) atoms. The van der Waals surface area contributed by atoms with Crippen LogP contribution in [0.2, 0.25) is 0 Å². The highest BCUT2D eigenvalue weighted by Crippen LogP contribution is 2.20. The number of sulfonamides is 1. The van der Waals surface area contributed by atoms with Crippen LogP contribution in [-0.4, -0.2) is 49.5 Å². The fraction of sp³-hybridized carbons (Fsp3) is 0.440. The van der Waals surface area contributed by atoms with Crippen molar-refractivity contribution in [3.8, 4) is 0 Å². The number of halogens is 1. The van der Waals surface area contributed by atoms with Gasteiger partial charge in [0.15, 0.2) is 0 Å². The summed E-state index contributed by atoms with van der Waals surface area (Å²) in [5.74, 6) is -1.34. The lowest BCUT2D eigenvalue weighted by molar-refractivity contribution is -0.140. The minimum atomic E-state index is -3.78. The van der Waals surface area contributed by atoms with Gasteiger partial charge in [0.1, 0.15) is 18.4 Å². The van der Waals surface area contributed by atoms with Crippen LogP contribution in [0, 0.1) is 5.82 Å².